The van der Waals surface area contributed by atoms with Crippen molar-refractivity contribution in [3.8, 4) is 0 Å². The van der Waals surface area contributed by atoms with Crippen molar-refractivity contribution < 1.29 is 4.79 Å². The number of aromatic nitrogens is 4. The van der Waals surface area contributed by atoms with E-state index in [1.54, 1.807) is 6.20 Å². The van der Waals surface area contributed by atoms with Gasteiger partial charge in [-0.1, -0.05) is 12.1 Å². The van der Waals surface area contributed by atoms with Crippen LogP contribution in [0.3, 0.4) is 0 Å². The van der Waals surface area contributed by atoms with Crippen molar-refractivity contribution in [1.82, 2.24) is 24.3 Å². The summed E-state index contributed by atoms with van der Waals surface area (Å²) in [6, 6.07) is 9.77. The highest BCUT2D eigenvalue weighted by Gasteiger charge is 2.27. The zero-order valence-electron chi connectivity index (χ0n) is 15.4. The molecule has 7 nitrogen and oxygen atoms in total. The molecule has 4 aromatic heterocycles. The fraction of sp³-hybridized carbons (Fsp3) is 0.238. The van der Waals surface area contributed by atoms with Crippen LogP contribution in [0.4, 0.5) is 5.82 Å². The zero-order valence-corrected chi connectivity index (χ0v) is 15.4. The molecule has 0 atom stereocenters. The van der Waals surface area contributed by atoms with E-state index in [0.717, 1.165) is 48.0 Å². The molecule has 0 saturated carbocycles. The number of rotatable bonds is 4. The van der Waals surface area contributed by atoms with Crippen LogP contribution in [0.25, 0.3) is 16.6 Å². The van der Waals surface area contributed by atoms with Gasteiger partial charge in [0.2, 0.25) is 0 Å². The Morgan fingerprint density at radius 2 is 2.00 bits per heavy atom. The number of carbonyl (C=O) groups excluding carboxylic acids is 1. The molecule has 1 aliphatic rings. The molecule has 1 aliphatic heterocycles. The summed E-state index contributed by atoms with van der Waals surface area (Å²) in [5.74, 6) is 0.718. The van der Waals surface area contributed by atoms with E-state index in [9.17, 15) is 4.79 Å². The Labute approximate surface area is 162 Å². The molecular weight excluding hydrogens is 352 g/mol. The Morgan fingerprint density at radius 1 is 1.11 bits per heavy atom. The number of carbonyl (C=O) groups is 1. The lowest BCUT2D eigenvalue weighted by atomic mass is 10.1. The van der Waals surface area contributed by atoms with Gasteiger partial charge in [0, 0.05) is 38.2 Å². The van der Waals surface area contributed by atoms with Gasteiger partial charge in [-0.2, -0.15) is 0 Å². The highest BCUT2D eigenvalue weighted by atomic mass is 16.2. The standard InChI is InChI=1S/C21H20N6O/c28-21(26-9-3-4-10-26)17-16-7-1-2-11-27(16)20-18(17)19(24-14-25-20)23-13-15-6-5-8-22-12-15/h1-2,5-8,11-12,14H,3-4,9-10,13H2,(H,23,24,25). The first-order chi connectivity index (χ1) is 13.8. The molecule has 0 aliphatic carbocycles. The molecule has 5 rings (SSSR count). The number of amides is 1. The van der Waals surface area contributed by atoms with Gasteiger partial charge in [0.05, 0.1) is 16.5 Å². The smallest absolute Gasteiger partial charge is 0.256 e. The number of anilines is 1. The molecule has 0 radical (unpaired) electrons. The van der Waals surface area contributed by atoms with Gasteiger partial charge in [-0.25, -0.2) is 9.97 Å². The third-order valence-electron chi connectivity index (χ3n) is 5.21. The van der Waals surface area contributed by atoms with Crippen LogP contribution in [-0.4, -0.2) is 43.2 Å². The Balaban J connectivity index is 1.65. The molecule has 1 N–H and O–H groups in total. The van der Waals surface area contributed by atoms with Gasteiger partial charge in [-0.15, -0.1) is 0 Å². The maximum absolute atomic E-state index is 13.4. The van der Waals surface area contributed by atoms with Crippen molar-refractivity contribution in [1.29, 1.82) is 0 Å². The molecule has 1 fully saturated rings. The monoisotopic (exact) mass is 372 g/mol. The van der Waals surface area contributed by atoms with E-state index in [1.165, 1.54) is 6.33 Å². The average Bonchev–Trinajstić information content (AvgIpc) is 3.39. The molecule has 5 heterocycles. The molecular formula is C21H20N6O. The van der Waals surface area contributed by atoms with Crippen molar-refractivity contribution in [2.75, 3.05) is 18.4 Å². The number of pyridine rings is 2. The predicted octanol–water partition coefficient (Wildman–Crippen LogP) is 3.13. The topological polar surface area (TPSA) is 75.4 Å². The number of nitrogens with zero attached hydrogens (tertiary/aromatic N) is 5. The molecule has 0 aromatic carbocycles. The van der Waals surface area contributed by atoms with Crippen LogP contribution in [0.2, 0.25) is 0 Å². The van der Waals surface area contributed by atoms with E-state index in [-0.39, 0.29) is 5.91 Å². The Kier molecular flexibility index (Phi) is 4.12. The van der Waals surface area contributed by atoms with Crippen molar-refractivity contribution in [3.63, 3.8) is 0 Å². The summed E-state index contributed by atoms with van der Waals surface area (Å²) in [5, 5.41) is 4.15. The third-order valence-corrected chi connectivity index (χ3v) is 5.21. The van der Waals surface area contributed by atoms with Crippen LogP contribution >= 0.6 is 0 Å². The van der Waals surface area contributed by atoms with Crippen LogP contribution in [0.1, 0.15) is 28.8 Å². The van der Waals surface area contributed by atoms with Crippen LogP contribution in [0.15, 0.2) is 55.2 Å². The summed E-state index contributed by atoms with van der Waals surface area (Å²) >= 11 is 0. The van der Waals surface area contributed by atoms with Gasteiger partial charge in [0.1, 0.15) is 12.1 Å². The largest absolute Gasteiger partial charge is 0.365 e. The maximum atomic E-state index is 13.4. The average molecular weight is 372 g/mol. The lowest BCUT2D eigenvalue weighted by Gasteiger charge is -2.15. The van der Waals surface area contributed by atoms with Gasteiger partial charge in [-0.3, -0.25) is 9.78 Å². The third kappa shape index (κ3) is 2.76. The van der Waals surface area contributed by atoms with Gasteiger partial charge >= 0.3 is 0 Å². The normalized spacial score (nSPS) is 14.1. The van der Waals surface area contributed by atoms with E-state index < -0.39 is 0 Å². The van der Waals surface area contributed by atoms with Gasteiger partial charge in [0.15, 0.2) is 5.65 Å². The number of likely N-dealkylation sites (tertiary alicyclic amines) is 1. The van der Waals surface area contributed by atoms with E-state index >= 15 is 0 Å². The summed E-state index contributed by atoms with van der Waals surface area (Å²) < 4.78 is 1.97. The Morgan fingerprint density at radius 3 is 2.82 bits per heavy atom. The Bertz CT molecular complexity index is 1150. The zero-order chi connectivity index (χ0) is 18.9. The predicted molar refractivity (Wildman–Crippen MR) is 107 cm³/mol. The molecule has 1 amide bonds. The first-order valence-corrected chi connectivity index (χ1v) is 9.49. The summed E-state index contributed by atoms with van der Waals surface area (Å²) in [5.41, 5.74) is 3.32. The van der Waals surface area contributed by atoms with Crippen molar-refractivity contribution in [3.05, 3.63) is 66.4 Å². The van der Waals surface area contributed by atoms with E-state index in [1.807, 2.05) is 52.0 Å². The molecule has 7 heteroatoms. The van der Waals surface area contributed by atoms with Crippen molar-refractivity contribution in [2.45, 2.75) is 19.4 Å². The van der Waals surface area contributed by atoms with E-state index in [4.69, 9.17) is 0 Å². The molecule has 140 valence electrons. The van der Waals surface area contributed by atoms with Gasteiger partial charge in [-0.05, 0) is 36.6 Å². The summed E-state index contributed by atoms with van der Waals surface area (Å²) in [6.45, 7) is 2.18. The van der Waals surface area contributed by atoms with E-state index in [2.05, 4.69) is 20.3 Å². The lowest BCUT2D eigenvalue weighted by molar-refractivity contribution is 0.0796. The number of nitrogens with one attached hydrogen (secondary N) is 1. The minimum Gasteiger partial charge on any atom is -0.365 e. The number of fused-ring (bicyclic) bond motifs is 3. The molecule has 4 aromatic rings. The molecule has 0 unspecified atom stereocenters. The van der Waals surface area contributed by atoms with Gasteiger partial charge < -0.3 is 14.6 Å². The minimum absolute atomic E-state index is 0.0513. The minimum atomic E-state index is 0.0513. The molecule has 28 heavy (non-hydrogen) atoms. The second-order valence-electron chi connectivity index (χ2n) is 6.97. The quantitative estimate of drug-likeness (QED) is 0.596. The second kappa shape index (κ2) is 6.92. The first-order valence-electron chi connectivity index (χ1n) is 9.49. The fourth-order valence-electron chi connectivity index (χ4n) is 3.87. The summed E-state index contributed by atoms with van der Waals surface area (Å²) in [7, 11) is 0. The van der Waals surface area contributed by atoms with Crippen LogP contribution in [-0.2, 0) is 6.54 Å². The molecule has 0 spiro atoms. The Hall–Kier alpha value is -3.48. The highest BCUT2D eigenvalue weighted by molar-refractivity contribution is 6.16. The highest BCUT2D eigenvalue weighted by Crippen LogP contribution is 2.32. The fourth-order valence-corrected chi connectivity index (χ4v) is 3.87. The molecule has 0 bridgehead atoms. The first kappa shape index (κ1) is 16.7. The lowest BCUT2D eigenvalue weighted by Crippen LogP contribution is -2.27. The maximum Gasteiger partial charge on any atom is 0.256 e. The second-order valence-corrected chi connectivity index (χ2v) is 6.97. The van der Waals surface area contributed by atoms with Crippen LogP contribution < -0.4 is 5.32 Å². The number of hydrogen-bond donors (Lipinski definition) is 1. The SMILES string of the molecule is O=C(c1c2c(NCc3cccnc3)ncnc2n2ccccc12)N1CCCC1. The van der Waals surface area contributed by atoms with Gasteiger partial charge in [0.25, 0.3) is 5.91 Å². The van der Waals surface area contributed by atoms with Crippen LogP contribution in [0.5, 0.6) is 0 Å². The van der Waals surface area contributed by atoms with Crippen LogP contribution in [0, 0.1) is 0 Å². The number of hydrogen-bond acceptors (Lipinski definition) is 5. The van der Waals surface area contributed by atoms with E-state index in [0.29, 0.717) is 17.9 Å². The van der Waals surface area contributed by atoms with Crippen molar-refractivity contribution in [2.24, 2.45) is 0 Å². The summed E-state index contributed by atoms with van der Waals surface area (Å²) in [6.07, 6.45) is 9.15. The van der Waals surface area contributed by atoms with Crippen molar-refractivity contribution >= 4 is 28.3 Å². The molecule has 1 saturated heterocycles. The summed E-state index contributed by atoms with van der Waals surface area (Å²) in [4.78, 5) is 28.4.